The summed E-state index contributed by atoms with van der Waals surface area (Å²) in [7, 11) is 0. The standard InChI is InChI=1S/C11H17N/c1-4-6-10-8-11(12-5-2)7-9(10)3/h4,6,11-12H,1,3,5,7-8H2,2H3/b10-6-. The molecule has 1 nitrogen and oxygen atoms in total. The van der Waals surface area contributed by atoms with Gasteiger partial charge in [-0.2, -0.15) is 0 Å². The van der Waals surface area contributed by atoms with E-state index in [1.165, 1.54) is 11.1 Å². The predicted molar refractivity (Wildman–Crippen MR) is 54.1 cm³/mol. The fraction of sp³-hybridized carbons (Fsp3) is 0.455. The Morgan fingerprint density at radius 2 is 2.33 bits per heavy atom. The summed E-state index contributed by atoms with van der Waals surface area (Å²) in [6, 6.07) is 0.605. The predicted octanol–water partition coefficient (Wildman–Crippen LogP) is 2.43. The van der Waals surface area contributed by atoms with E-state index in [4.69, 9.17) is 0 Å². The number of hydrogen-bond donors (Lipinski definition) is 1. The molecule has 0 radical (unpaired) electrons. The summed E-state index contributed by atoms with van der Waals surface area (Å²) in [6.45, 7) is 10.9. The number of nitrogens with one attached hydrogen (secondary N) is 1. The zero-order chi connectivity index (χ0) is 8.97. The van der Waals surface area contributed by atoms with E-state index in [1.807, 2.05) is 6.08 Å². The highest BCUT2D eigenvalue weighted by molar-refractivity contribution is 5.37. The Morgan fingerprint density at radius 3 is 2.92 bits per heavy atom. The highest BCUT2D eigenvalue weighted by atomic mass is 14.9. The van der Waals surface area contributed by atoms with Crippen molar-refractivity contribution in [3.63, 3.8) is 0 Å². The van der Waals surface area contributed by atoms with E-state index in [1.54, 1.807) is 0 Å². The molecule has 1 unspecified atom stereocenters. The van der Waals surface area contributed by atoms with Gasteiger partial charge in [-0.15, -0.1) is 0 Å². The van der Waals surface area contributed by atoms with E-state index in [9.17, 15) is 0 Å². The lowest BCUT2D eigenvalue weighted by atomic mass is 10.1. The van der Waals surface area contributed by atoms with Crippen LogP contribution >= 0.6 is 0 Å². The number of allylic oxidation sites excluding steroid dienone is 2. The third-order valence-corrected chi connectivity index (χ3v) is 2.23. The summed E-state index contributed by atoms with van der Waals surface area (Å²) in [5, 5.41) is 3.43. The van der Waals surface area contributed by atoms with Crippen molar-refractivity contribution in [2.24, 2.45) is 0 Å². The Labute approximate surface area is 74.9 Å². The van der Waals surface area contributed by atoms with Crippen LogP contribution in [-0.2, 0) is 0 Å². The summed E-state index contributed by atoms with van der Waals surface area (Å²) in [5.74, 6) is 0. The molecule has 12 heavy (non-hydrogen) atoms. The molecule has 0 spiro atoms. The second kappa shape index (κ2) is 4.27. The zero-order valence-corrected chi connectivity index (χ0v) is 7.77. The lowest BCUT2D eigenvalue weighted by molar-refractivity contribution is 0.560. The van der Waals surface area contributed by atoms with Gasteiger partial charge in [0.05, 0.1) is 0 Å². The minimum Gasteiger partial charge on any atom is -0.314 e. The third kappa shape index (κ3) is 2.08. The van der Waals surface area contributed by atoms with E-state index >= 15 is 0 Å². The zero-order valence-electron chi connectivity index (χ0n) is 7.77. The lowest BCUT2D eigenvalue weighted by Crippen LogP contribution is -2.25. The average Bonchev–Trinajstić information content (AvgIpc) is 2.34. The first-order valence-electron chi connectivity index (χ1n) is 4.51. The van der Waals surface area contributed by atoms with Crippen LogP contribution < -0.4 is 5.32 Å². The van der Waals surface area contributed by atoms with Crippen LogP contribution in [0.5, 0.6) is 0 Å². The molecule has 1 heteroatoms. The number of rotatable bonds is 3. The highest BCUT2D eigenvalue weighted by Gasteiger charge is 2.20. The van der Waals surface area contributed by atoms with Gasteiger partial charge in [0.2, 0.25) is 0 Å². The molecule has 1 rings (SSSR count). The normalized spacial score (nSPS) is 26.6. The first kappa shape index (κ1) is 9.27. The molecule has 1 saturated carbocycles. The van der Waals surface area contributed by atoms with Gasteiger partial charge < -0.3 is 5.32 Å². The molecule has 1 aliphatic carbocycles. The summed E-state index contributed by atoms with van der Waals surface area (Å²) >= 11 is 0. The molecular weight excluding hydrogens is 146 g/mol. The number of hydrogen-bond acceptors (Lipinski definition) is 1. The second-order valence-electron chi connectivity index (χ2n) is 3.19. The SMILES string of the molecule is C=C/C=C1/CC(NCC)CC1=C. The highest BCUT2D eigenvalue weighted by Crippen LogP contribution is 2.29. The molecule has 0 aromatic rings. The molecule has 1 N–H and O–H groups in total. The largest absolute Gasteiger partial charge is 0.314 e. The van der Waals surface area contributed by atoms with Crippen LogP contribution in [0.2, 0.25) is 0 Å². The van der Waals surface area contributed by atoms with Gasteiger partial charge in [0.1, 0.15) is 0 Å². The average molecular weight is 163 g/mol. The van der Waals surface area contributed by atoms with Crippen molar-refractivity contribution in [3.05, 3.63) is 36.5 Å². The van der Waals surface area contributed by atoms with Gasteiger partial charge in [0.25, 0.3) is 0 Å². The molecule has 0 aromatic carbocycles. The van der Waals surface area contributed by atoms with Crippen LogP contribution in [0.25, 0.3) is 0 Å². The summed E-state index contributed by atoms with van der Waals surface area (Å²) in [6.07, 6.45) is 6.11. The van der Waals surface area contributed by atoms with E-state index in [0.29, 0.717) is 6.04 Å². The smallest absolute Gasteiger partial charge is 0.0148 e. The Hall–Kier alpha value is -0.820. The summed E-state index contributed by atoms with van der Waals surface area (Å²) in [4.78, 5) is 0. The van der Waals surface area contributed by atoms with Crippen molar-refractivity contribution in [2.75, 3.05) is 6.54 Å². The van der Waals surface area contributed by atoms with Crippen molar-refractivity contribution in [2.45, 2.75) is 25.8 Å². The molecular formula is C11H17N. The fourth-order valence-electron chi connectivity index (χ4n) is 1.67. The Bertz CT molecular complexity index is 213. The molecule has 1 aliphatic rings. The minimum absolute atomic E-state index is 0.605. The summed E-state index contributed by atoms with van der Waals surface area (Å²) < 4.78 is 0. The molecule has 1 fully saturated rings. The van der Waals surface area contributed by atoms with E-state index < -0.39 is 0 Å². The third-order valence-electron chi connectivity index (χ3n) is 2.23. The van der Waals surface area contributed by atoms with Crippen molar-refractivity contribution in [1.29, 1.82) is 0 Å². The topological polar surface area (TPSA) is 12.0 Å². The fourth-order valence-corrected chi connectivity index (χ4v) is 1.67. The minimum atomic E-state index is 0.605. The molecule has 0 aromatic heterocycles. The molecule has 0 saturated heterocycles. The maximum atomic E-state index is 4.03. The van der Waals surface area contributed by atoms with Crippen LogP contribution in [0.1, 0.15) is 19.8 Å². The quantitative estimate of drug-likeness (QED) is 0.673. The van der Waals surface area contributed by atoms with Crippen molar-refractivity contribution >= 4 is 0 Å². The van der Waals surface area contributed by atoms with E-state index in [2.05, 4.69) is 31.5 Å². The van der Waals surface area contributed by atoms with Crippen molar-refractivity contribution in [1.82, 2.24) is 5.32 Å². The maximum Gasteiger partial charge on any atom is 0.0148 e. The van der Waals surface area contributed by atoms with Gasteiger partial charge in [-0.25, -0.2) is 0 Å². The summed E-state index contributed by atoms with van der Waals surface area (Å²) in [5.41, 5.74) is 2.62. The van der Waals surface area contributed by atoms with Crippen LogP contribution in [0, 0.1) is 0 Å². The van der Waals surface area contributed by atoms with Crippen LogP contribution in [0.4, 0.5) is 0 Å². The second-order valence-corrected chi connectivity index (χ2v) is 3.19. The van der Waals surface area contributed by atoms with E-state index in [-0.39, 0.29) is 0 Å². The first-order valence-corrected chi connectivity index (χ1v) is 4.51. The molecule has 0 heterocycles. The molecule has 66 valence electrons. The van der Waals surface area contributed by atoms with Crippen molar-refractivity contribution < 1.29 is 0 Å². The van der Waals surface area contributed by atoms with Gasteiger partial charge in [-0.1, -0.05) is 37.8 Å². The maximum absolute atomic E-state index is 4.03. The Kier molecular flexibility index (Phi) is 3.30. The van der Waals surface area contributed by atoms with E-state index in [0.717, 1.165) is 19.4 Å². The molecule has 0 amide bonds. The first-order chi connectivity index (χ1) is 5.77. The lowest BCUT2D eigenvalue weighted by Gasteiger charge is -2.07. The van der Waals surface area contributed by atoms with Crippen LogP contribution in [-0.4, -0.2) is 12.6 Å². The molecule has 0 aliphatic heterocycles. The Balaban J connectivity index is 2.56. The Morgan fingerprint density at radius 1 is 1.58 bits per heavy atom. The van der Waals surface area contributed by atoms with Gasteiger partial charge in [0.15, 0.2) is 0 Å². The van der Waals surface area contributed by atoms with Crippen LogP contribution in [0.3, 0.4) is 0 Å². The molecule has 1 atom stereocenters. The van der Waals surface area contributed by atoms with Gasteiger partial charge in [-0.3, -0.25) is 0 Å². The van der Waals surface area contributed by atoms with Gasteiger partial charge >= 0.3 is 0 Å². The van der Waals surface area contributed by atoms with Crippen LogP contribution in [0.15, 0.2) is 36.5 Å². The van der Waals surface area contributed by atoms with Crippen molar-refractivity contribution in [3.8, 4) is 0 Å². The molecule has 0 bridgehead atoms. The van der Waals surface area contributed by atoms with Gasteiger partial charge in [-0.05, 0) is 25.0 Å². The monoisotopic (exact) mass is 163 g/mol. The van der Waals surface area contributed by atoms with Gasteiger partial charge in [0, 0.05) is 6.04 Å².